The summed E-state index contributed by atoms with van der Waals surface area (Å²) in [5, 5.41) is 6.94. The Labute approximate surface area is 135 Å². The van der Waals surface area contributed by atoms with Crippen LogP contribution in [0.2, 0.25) is 0 Å². The molecule has 1 aromatic rings. The highest BCUT2D eigenvalue weighted by Gasteiger charge is 1.99. The summed E-state index contributed by atoms with van der Waals surface area (Å²) in [6.45, 7) is 1.83. The van der Waals surface area contributed by atoms with Crippen LogP contribution in [-0.4, -0.2) is 37.6 Å². The highest BCUT2D eigenvalue weighted by Crippen LogP contribution is 2.10. The summed E-state index contributed by atoms with van der Waals surface area (Å²) in [5.41, 5.74) is 6.69. The third-order valence-electron chi connectivity index (χ3n) is 2.49. The molecule has 116 valence electrons. The van der Waals surface area contributed by atoms with E-state index < -0.39 is 0 Å². The SMILES string of the molecule is COCCNC(=S)NNC(=S)NCc1ccc(OC)cc1. The number of nitrogens with one attached hydrogen (secondary N) is 4. The molecule has 0 aromatic heterocycles. The predicted molar refractivity (Wildman–Crippen MR) is 91.2 cm³/mol. The largest absolute Gasteiger partial charge is 0.497 e. The minimum Gasteiger partial charge on any atom is -0.497 e. The van der Waals surface area contributed by atoms with Crippen molar-refractivity contribution in [1.82, 2.24) is 21.5 Å². The van der Waals surface area contributed by atoms with Crippen molar-refractivity contribution in [2.24, 2.45) is 0 Å². The maximum Gasteiger partial charge on any atom is 0.185 e. The van der Waals surface area contributed by atoms with E-state index in [1.165, 1.54) is 0 Å². The van der Waals surface area contributed by atoms with Crippen LogP contribution in [0.1, 0.15) is 5.56 Å². The van der Waals surface area contributed by atoms with Crippen LogP contribution in [0, 0.1) is 0 Å². The van der Waals surface area contributed by atoms with Crippen LogP contribution in [0.3, 0.4) is 0 Å². The Bertz CT molecular complexity index is 454. The molecule has 6 nitrogen and oxygen atoms in total. The maximum absolute atomic E-state index is 5.13. The molecule has 0 spiro atoms. The van der Waals surface area contributed by atoms with Gasteiger partial charge < -0.3 is 20.1 Å². The van der Waals surface area contributed by atoms with E-state index in [2.05, 4.69) is 21.5 Å². The first-order chi connectivity index (χ1) is 10.2. The molecule has 1 aromatic carbocycles. The zero-order valence-electron chi connectivity index (χ0n) is 12.1. The molecular weight excluding hydrogens is 308 g/mol. The molecule has 0 aliphatic carbocycles. The highest BCUT2D eigenvalue weighted by molar-refractivity contribution is 7.80. The van der Waals surface area contributed by atoms with Crippen molar-refractivity contribution in [3.8, 4) is 5.75 Å². The fourth-order valence-corrected chi connectivity index (χ4v) is 1.67. The zero-order chi connectivity index (χ0) is 15.5. The third kappa shape index (κ3) is 7.64. The van der Waals surface area contributed by atoms with E-state index in [0.717, 1.165) is 11.3 Å². The molecule has 0 unspecified atom stereocenters. The van der Waals surface area contributed by atoms with Gasteiger partial charge in [-0.25, -0.2) is 0 Å². The molecular formula is C13H20N4O2S2. The van der Waals surface area contributed by atoms with E-state index in [-0.39, 0.29) is 0 Å². The van der Waals surface area contributed by atoms with Gasteiger partial charge >= 0.3 is 0 Å². The van der Waals surface area contributed by atoms with Gasteiger partial charge in [-0.05, 0) is 42.1 Å². The molecule has 0 heterocycles. The molecule has 0 bridgehead atoms. The summed E-state index contributed by atoms with van der Waals surface area (Å²) in [5.74, 6) is 0.827. The first-order valence-electron chi connectivity index (χ1n) is 6.35. The highest BCUT2D eigenvalue weighted by atomic mass is 32.1. The van der Waals surface area contributed by atoms with E-state index >= 15 is 0 Å². The minimum atomic E-state index is 0.459. The molecule has 0 aliphatic heterocycles. The molecule has 1 rings (SSSR count). The van der Waals surface area contributed by atoms with Gasteiger partial charge in [-0.1, -0.05) is 12.1 Å². The molecule has 0 radical (unpaired) electrons. The Kier molecular flexibility index (Phi) is 8.41. The molecule has 0 saturated heterocycles. The summed E-state index contributed by atoms with van der Waals surface area (Å²) >= 11 is 10.2. The maximum atomic E-state index is 5.13. The fraction of sp³-hybridized carbons (Fsp3) is 0.385. The second-order valence-corrected chi connectivity index (χ2v) is 4.85. The van der Waals surface area contributed by atoms with Crippen LogP contribution in [0.25, 0.3) is 0 Å². The Hall–Kier alpha value is -1.64. The zero-order valence-corrected chi connectivity index (χ0v) is 13.7. The quantitative estimate of drug-likeness (QED) is 0.345. The lowest BCUT2D eigenvalue weighted by molar-refractivity contribution is 0.204. The predicted octanol–water partition coefficient (Wildman–Crippen LogP) is 0.685. The van der Waals surface area contributed by atoms with Gasteiger partial charge in [0.1, 0.15) is 5.75 Å². The van der Waals surface area contributed by atoms with Crippen LogP contribution in [0.15, 0.2) is 24.3 Å². The molecule has 4 N–H and O–H groups in total. The van der Waals surface area contributed by atoms with E-state index in [4.69, 9.17) is 33.9 Å². The van der Waals surface area contributed by atoms with Gasteiger partial charge in [0.25, 0.3) is 0 Å². The van der Waals surface area contributed by atoms with Crippen molar-refractivity contribution in [2.75, 3.05) is 27.4 Å². The number of hydrogen-bond donors (Lipinski definition) is 4. The number of hydrogen-bond acceptors (Lipinski definition) is 4. The van der Waals surface area contributed by atoms with Gasteiger partial charge in [-0.2, -0.15) is 0 Å². The van der Waals surface area contributed by atoms with Crippen LogP contribution >= 0.6 is 24.4 Å². The Balaban J connectivity index is 2.19. The number of benzene rings is 1. The number of ether oxygens (including phenoxy) is 2. The first-order valence-corrected chi connectivity index (χ1v) is 7.17. The van der Waals surface area contributed by atoms with Crippen molar-refractivity contribution in [1.29, 1.82) is 0 Å². The van der Waals surface area contributed by atoms with Crippen LogP contribution < -0.4 is 26.2 Å². The fourth-order valence-electron chi connectivity index (χ4n) is 1.39. The molecule has 21 heavy (non-hydrogen) atoms. The molecule has 0 aliphatic rings. The van der Waals surface area contributed by atoms with E-state index in [1.807, 2.05) is 24.3 Å². The van der Waals surface area contributed by atoms with Gasteiger partial charge in [-0.3, -0.25) is 10.9 Å². The van der Waals surface area contributed by atoms with Crippen molar-refractivity contribution in [3.05, 3.63) is 29.8 Å². The molecule has 0 saturated carbocycles. The Morgan fingerprint density at radius 3 is 2.19 bits per heavy atom. The van der Waals surface area contributed by atoms with Crippen molar-refractivity contribution in [2.45, 2.75) is 6.54 Å². The second kappa shape index (κ2) is 10.1. The summed E-state index contributed by atoms with van der Waals surface area (Å²) in [4.78, 5) is 0. The lowest BCUT2D eigenvalue weighted by Crippen LogP contribution is -2.50. The second-order valence-electron chi connectivity index (χ2n) is 4.03. The summed E-state index contributed by atoms with van der Waals surface area (Å²) in [7, 11) is 3.27. The number of rotatable bonds is 6. The van der Waals surface area contributed by atoms with Crippen molar-refractivity contribution < 1.29 is 9.47 Å². The lowest BCUT2D eigenvalue weighted by Gasteiger charge is -2.14. The van der Waals surface area contributed by atoms with Crippen LogP contribution in [0.4, 0.5) is 0 Å². The van der Waals surface area contributed by atoms with Gasteiger partial charge in [0.15, 0.2) is 10.2 Å². The van der Waals surface area contributed by atoms with Gasteiger partial charge in [-0.15, -0.1) is 0 Å². The van der Waals surface area contributed by atoms with Crippen molar-refractivity contribution >= 4 is 34.7 Å². The monoisotopic (exact) mass is 328 g/mol. The Morgan fingerprint density at radius 1 is 1.00 bits per heavy atom. The van der Waals surface area contributed by atoms with Crippen LogP contribution in [-0.2, 0) is 11.3 Å². The first kappa shape index (κ1) is 17.4. The number of hydrazine groups is 1. The molecule has 0 fully saturated rings. The molecule has 0 amide bonds. The average molecular weight is 328 g/mol. The normalized spacial score (nSPS) is 9.62. The minimum absolute atomic E-state index is 0.459. The Morgan fingerprint density at radius 2 is 1.62 bits per heavy atom. The van der Waals surface area contributed by atoms with E-state index in [0.29, 0.717) is 29.9 Å². The smallest absolute Gasteiger partial charge is 0.185 e. The van der Waals surface area contributed by atoms with E-state index in [1.54, 1.807) is 14.2 Å². The lowest BCUT2D eigenvalue weighted by atomic mass is 10.2. The third-order valence-corrected chi connectivity index (χ3v) is 2.99. The van der Waals surface area contributed by atoms with Gasteiger partial charge in [0.05, 0.1) is 13.7 Å². The average Bonchev–Trinajstić information content (AvgIpc) is 2.51. The van der Waals surface area contributed by atoms with Crippen molar-refractivity contribution in [3.63, 3.8) is 0 Å². The topological polar surface area (TPSA) is 66.6 Å². The summed E-state index contributed by atoms with van der Waals surface area (Å²) in [6, 6.07) is 7.75. The molecule has 0 atom stereocenters. The summed E-state index contributed by atoms with van der Waals surface area (Å²) < 4.78 is 10.0. The number of methoxy groups -OCH3 is 2. The van der Waals surface area contributed by atoms with Crippen LogP contribution in [0.5, 0.6) is 5.75 Å². The van der Waals surface area contributed by atoms with E-state index in [9.17, 15) is 0 Å². The van der Waals surface area contributed by atoms with Gasteiger partial charge in [0.2, 0.25) is 0 Å². The summed E-state index contributed by atoms with van der Waals surface area (Å²) in [6.07, 6.45) is 0. The molecule has 8 heteroatoms. The standard InChI is InChI=1S/C13H20N4O2S2/c1-18-8-7-14-12(20)16-17-13(21)15-9-10-3-5-11(19-2)6-4-10/h3-6H,7-9H2,1-2H3,(H2,14,16,20)(H2,15,17,21). The number of thiocarbonyl (C=S) groups is 2. The van der Waals surface area contributed by atoms with Gasteiger partial charge in [0, 0.05) is 20.2 Å².